The first kappa shape index (κ1) is 17.3. The van der Waals surface area contributed by atoms with E-state index in [9.17, 15) is 9.18 Å². The van der Waals surface area contributed by atoms with Crippen LogP contribution in [0.3, 0.4) is 0 Å². The molecule has 6 nitrogen and oxygen atoms in total. The lowest BCUT2D eigenvalue weighted by Gasteiger charge is -2.34. The van der Waals surface area contributed by atoms with E-state index in [0.717, 1.165) is 38.5 Å². The van der Waals surface area contributed by atoms with Gasteiger partial charge in [-0.15, -0.1) is 0 Å². The van der Waals surface area contributed by atoms with Gasteiger partial charge in [0, 0.05) is 38.3 Å². The quantitative estimate of drug-likeness (QED) is 0.895. The van der Waals surface area contributed by atoms with Crippen LogP contribution in [0.15, 0.2) is 36.7 Å². The summed E-state index contributed by atoms with van der Waals surface area (Å²) >= 11 is 0. The molecule has 1 aromatic heterocycles. The summed E-state index contributed by atoms with van der Waals surface area (Å²) in [7, 11) is 0. The Morgan fingerprint density at radius 2 is 1.92 bits per heavy atom. The molecule has 0 saturated carbocycles. The molecule has 0 radical (unpaired) electrons. The maximum atomic E-state index is 13.6. The number of amides is 1. The third kappa shape index (κ3) is 4.30. The molecule has 0 bridgehead atoms. The average Bonchev–Trinajstić information content (AvgIpc) is 2.67. The van der Waals surface area contributed by atoms with E-state index >= 15 is 0 Å². The van der Waals surface area contributed by atoms with E-state index in [1.54, 1.807) is 24.4 Å². The van der Waals surface area contributed by atoms with Gasteiger partial charge in [-0.2, -0.15) is 0 Å². The summed E-state index contributed by atoms with van der Waals surface area (Å²) in [4.78, 5) is 25.3. The van der Waals surface area contributed by atoms with Crippen molar-refractivity contribution in [2.45, 2.75) is 13.5 Å². The predicted octanol–water partition coefficient (Wildman–Crippen LogP) is 1.69. The van der Waals surface area contributed by atoms with Crippen LogP contribution in [0, 0.1) is 5.82 Å². The average molecular weight is 343 g/mol. The molecule has 25 heavy (non-hydrogen) atoms. The molecule has 1 fully saturated rings. The number of carbonyl (C=O) groups excluding carboxylic acids is 1. The molecule has 1 amide bonds. The fraction of sp³-hybridized carbons (Fsp3) is 0.389. The zero-order valence-corrected chi connectivity index (χ0v) is 14.3. The first-order chi connectivity index (χ1) is 12.2. The first-order valence-electron chi connectivity index (χ1n) is 8.48. The van der Waals surface area contributed by atoms with Gasteiger partial charge in [0.05, 0.1) is 12.4 Å². The Labute approximate surface area is 146 Å². The Hall–Kier alpha value is -2.54. The second-order valence-electron chi connectivity index (χ2n) is 5.96. The number of benzene rings is 1. The van der Waals surface area contributed by atoms with Gasteiger partial charge in [-0.25, -0.2) is 14.4 Å². The zero-order valence-electron chi connectivity index (χ0n) is 14.3. The minimum absolute atomic E-state index is 0.119. The normalized spacial score (nSPS) is 15.2. The first-order valence-corrected chi connectivity index (χ1v) is 8.48. The third-order valence-electron chi connectivity index (χ3n) is 4.41. The zero-order chi connectivity index (χ0) is 17.6. The molecule has 3 rings (SSSR count). The molecule has 1 N–H and O–H groups in total. The molecule has 1 aromatic carbocycles. The van der Waals surface area contributed by atoms with Crippen LogP contribution in [0.5, 0.6) is 0 Å². The molecule has 0 spiro atoms. The van der Waals surface area contributed by atoms with E-state index in [1.807, 2.05) is 0 Å². The fourth-order valence-corrected chi connectivity index (χ4v) is 2.80. The lowest BCUT2D eigenvalue weighted by molar-refractivity contribution is 0.0945. The van der Waals surface area contributed by atoms with Gasteiger partial charge in [-0.1, -0.05) is 25.1 Å². The fourth-order valence-electron chi connectivity index (χ4n) is 2.80. The molecule has 2 aromatic rings. The number of nitrogens with one attached hydrogen (secondary N) is 1. The highest BCUT2D eigenvalue weighted by molar-refractivity contribution is 5.91. The maximum absolute atomic E-state index is 13.6. The van der Waals surface area contributed by atoms with Crippen LogP contribution >= 0.6 is 0 Å². The standard InChI is InChI=1S/C18H22FN5O/c1-2-23-7-9-24(10-8-23)17-13-20-16(12-21-17)18(25)22-11-14-5-3-4-6-15(14)19/h3-6,12-13H,2,7-11H2,1H3,(H,22,25). The molecule has 1 aliphatic heterocycles. The van der Waals surface area contributed by atoms with E-state index in [-0.39, 0.29) is 24.0 Å². The van der Waals surface area contributed by atoms with Gasteiger partial charge in [0.25, 0.3) is 5.91 Å². The van der Waals surface area contributed by atoms with Crippen LogP contribution in [-0.4, -0.2) is 53.5 Å². The summed E-state index contributed by atoms with van der Waals surface area (Å²) in [5, 5.41) is 2.67. The van der Waals surface area contributed by atoms with Crippen molar-refractivity contribution in [1.82, 2.24) is 20.2 Å². The second kappa shape index (κ2) is 8.02. The second-order valence-corrected chi connectivity index (χ2v) is 5.96. The highest BCUT2D eigenvalue weighted by Crippen LogP contribution is 2.12. The number of nitrogens with zero attached hydrogens (tertiary/aromatic N) is 4. The van der Waals surface area contributed by atoms with Gasteiger partial charge < -0.3 is 15.1 Å². The number of hydrogen-bond donors (Lipinski definition) is 1. The lowest BCUT2D eigenvalue weighted by atomic mass is 10.2. The van der Waals surface area contributed by atoms with Gasteiger partial charge >= 0.3 is 0 Å². The van der Waals surface area contributed by atoms with E-state index in [2.05, 4.69) is 32.0 Å². The van der Waals surface area contributed by atoms with E-state index in [0.29, 0.717) is 5.56 Å². The molecule has 7 heteroatoms. The highest BCUT2D eigenvalue weighted by Gasteiger charge is 2.17. The number of likely N-dealkylation sites (N-methyl/N-ethyl adjacent to an activating group) is 1. The number of aromatic nitrogens is 2. The van der Waals surface area contributed by atoms with Gasteiger partial charge in [-0.3, -0.25) is 4.79 Å². The smallest absolute Gasteiger partial charge is 0.271 e. The van der Waals surface area contributed by atoms with Crippen molar-refractivity contribution in [2.24, 2.45) is 0 Å². The monoisotopic (exact) mass is 343 g/mol. The van der Waals surface area contributed by atoms with E-state index in [4.69, 9.17) is 0 Å². The predicted molar refractivity (Wildman–Crippen MR) is 93.9 cm³/mol. The van der Waals surface area contributed by atoms with Gasteiger partial charge in [0.15, 0.2) is 0 Å². The molecule has 1 saturated heterocycles. The summed E-state index contributed by atoms with van der Waals surface area (Å²) in [6.45, 7) is 7.15. The van der Waals surface area contributed by atoms with Crippen LogP contribution < -0.4 is 10.2 Å². The Morgan fingerprint density at radius 1 is 1.16 bits per heavy atom. The third-order valence-corrected chi connectivity index (χ3v) is 4.41. The van der Waals surface area contributed by atoms with Crippen molar-refractivity contribution in [3.63, 3.8) is 0 Å². The molecule has 0 atom stereocenters. The minimum atomic E-state index is -0.363. The largest absolute Gasteiger partial charge is 0.353 e. The van der Waals surface area contributed by atoms with Crippen molar-refractivity contribution >= 4 is 11.7 Å². The number of hydrogen-bond acceptors (Lipinski definition) is 5. The summed E-state index contributed by atoms with van der Waals surface area (Å²) in [6, 6.07) is 6.36. The van der Waals surface area contributed by atoms with Crippen molar-refractivity contribution < 1.29 is 9.18 Å². The Balaban J connectivity index is 1.56. The van der Waals surface area contributed by atoms with Crippen molar-refractivity contribution in [3.8, 4) is 0 Å². The molecule has 1 aliphatic rings. The number of anilines is 1. The Morgan fingerprint density at radius 3 is 2.56 bits per heavy atom. The Bertz CT molecular complexity index is 714. The van der Waals surface area contributed by atoms with Crippen molar-refractivity contribution in [2.75, 3.05) is 37.6 Å². The van der Waals surface area contributed by atoms with Gasteiger partial charge in [-0.05, 0) is 12.6 Å². The van der Waals surface area contributed by atoms with Crippen LogP contribution in [0.25, 0.3) is 0 Å². The van der Waals surface area contributed by atoms with Crippen LogP contribution in [0.2, 0.25) is 0 Å². The number of piperazine rings is 1. The minimum Gasteiger partial charge on any atom is -0.353 e. The molecule has 2 heterocycles. The van der Waals surface area contributed by atoms with E-state index in [1.165, 1.54) is 12.3 Å². The van der Waals surface area contributed by atoms with Crippen molar-refractivity contribution in [3.05, 3.63) is 53.7 Å². The topological polar surface area (TPSA) is 61.4 Å². The summed E-state index contributed by atoms with van der Waals surface area (Å²) < 4.78 is 13.6. The highest BCUT2D eigenvalue weighted by atomic mass is 19.1. The lowest BCUT2D eigenvalue weighted by Crippen LogP contribution is -2.46. The summed E-state index contributed by atoms with van der Waals surface area (Å²) in [5.41, 5.74) is 0.668. The molecule has 132 valence electrons. The SMILES string of the molecule is CCN1CCN(c2cnc(C(=O)NCc3ccccc3F)cn2)CC1. The number of halogens is 1. The van der Waals surface area contributed by atoms with Gasteiger partial charge in [0.2, 0.25) is 0 Å². The number of carbonyl (C=O) groups is 1. The van der Waals surface area contributed by atoms with Crippen LogP contribution in [-0.2, 0) is 6.54 Å². The Kier molecular flexibility index (Phi) is 5.55. The summed E-state index contributed by atoms with van der Waals surface area (Å²) in [5.74, 6) is 0.0787. The number of rotatable bonds is 5. The summed E-state index contributed by atoms with van der Waals surface area (Å²) in [6.07, 6.45) is 3.10. The molecular formula is C18H22FN5O. The van der Waals surface area contributed by atoms with Gasteiger partial charge in [0.1, 0.15) is 17.3 Å². The van der Waals surface area contributed by atoms with Crippen LogP contribution in [0.4, 0.5) is 10.2 Å². The van der Waals surface area contributed by atoms with E-state index < -0.39 is 0 Å². The maximum Gasteiger partial charge on any atom is 0.271 e. The molecular weight excluding hydrogens is 321 g/mol. The van der Waals surface area contributed by atoms with Crippen LogP contribution in [0.1, 0.15) is 23.0 Å². The molecule has 0 unspecified atom stereocenters. The molecule has 0 aliphatic carbocycles. The van der Waals surface area contributed by atoms with Crippen molar-refractivity contribution in [1.29, 1.82) is 0 Å².